The van der Waals surface area contributed by atoms with Crippen molar-refractivity contribution in [1.82, 2.24) is 10.3 Å². The number of hydrogen-bond donors (Lipinski definition) is 3. The van der Waals surface area contributed by atoms with Crippen LogP contribution < -0.4 is 15.4 Å². The predicted octanol–water partition coefficient (Wildman–Crippen LogP) is -4.73. The van der Waals surface area contributed by atoms with Gasteiger partial charge in [-0.1, -0.05) is 0 Å². The Bertz CT molecular complexity index is 21.5. The lowest BCUT2D eigenvalue weighted by molar-refractivity contribution is -0.354. The van der Waals surface area contributed by atoms with Crippen molar-refractivity contribution in [3.63, 3.8) is 0 Å². The van der Waals surface area contributed by atoms with Gasteiger partial charge in [0.2, 0.25) is 15.1 Å². The van der Waals surface area contributed by atoms with Crippen molar-refractivity contribution in [3.05, 3.63) is 0 Å². The first kappa shape index (κ1) is 4.24. The lowest BCUT2D eigenvalue weighted by Crippen LogP contribution is -2.98. The Hall–Kier alpha value is 0.0748. The van der Waals surface area contributed by atoms with Crippen LogP contribution in [0.5, 0.6) is 0 Å². The van der Waals surface area contributed by atoms with Gasteiger partial charge < -0.3 is 15.4 Å². The summed E-state index contributed by atoms with van der Waals surface area (Å²) >= 11 is 0. The number of hydrogen-bond acceptors (Lipinski definition) is 2. The molecule has 1 rings (SSSR count). The highest BCUT2D eigenvalue weighted by Crippen LogP contribution is 1.35. The summed E-state index contributed by atoms with van der Waals surface area (Å²) in [5, 5.41) is 8.69. The third-order valence-corrected chi connectivity index (χ3v) is 1.06. The second kappa shape index (κ2) is 2.28. The summed E-state index contributed by atoms with van der Waals surface area (Å²) < 4.78 is 0. The molecule has 0 aliphatic carbocycles. The highest BCUT2D eigenvalue weighted by molar-refractivity contribution is 6.57. The zero-order valence-electron chi connectivity index (χ0n) is 3.99. The fraction of sp³-hybridized carbons (Fsp3) is 0. The summed E-state index contributed by atoms with van der Waals surface area (Å²) in [4.78, 5) is 0. The number of nitrogens with two attached hydrogens (primary N) is 1. The summed E-state index contributed by atoms with van der Waals surface area (Å²) in [6.45, 7) is 0. The quantitative estimate of drug-likeness (QED) is 0.257. The molecule has 1 fully saturated rings. The van der Waals surface area contributed by atoms with Gasteiger partial charge in [-0.05, 0) is 0 Å². The van der Waals surface area contributed by atoms with Gasteiger partial charge in [-0.25, -0.2) is 0 Å². The van der Waals surface area contributed by atoms with Gasteiger partial charge in [0.05, 0.1) is 0 Å². The van der Waals surface area contributed by atoms with E-state index >= 15 is 0 Å². The summed E-state index contributed by atoms with van der Waals surface area (Å²) in [6.07, 6.45) is 0. The highest BCUT2D eigenvalue weighted by atomic mass is 15.0. The third kappa shape index (κ3) is 1.04. The second-order valence-corrected chi connectivity index (χ2v) is 1.68. The van der Waals surface area contributed by atoms with Crippen LogP contribution in [0, 0.1) is 0 Å². The Morgan fingerprint density at radius 2 is 2.67 bits per heavy atom. The van der Waals surface area contributed by atoms with E-state index in [9.17, 15) is 0 Å². The van der Waals surface area contributed by atoms with Gasteiger partial charge in [-0.15, -0.1) is 0 Å². The van der Waals surface area contributed by atoms with Crippen LogP contribution in [0.4, 0.5) is 0 Å². The van der Waals surface area contributed by atoms with E-state index < -0.39 is 0 Å². The van der Waals surface area contributed by atoms with E-state index in [-0.39, 0.29) is 7.55 Å². The predicted molar refractivity (Wildman–Crippen MR) is 31.0 cm³/mol. The maximum Gasteiger partial charge on any atom is 0.420 e. The average molecular weight is 82.5 g/mol. The van der Waals surface area contributed by atoms with Crippen LogP contribution in [-0.4, -0.2) is 22.6 Å². The molecule has 0 amide bonds. The van der Waals surface area contributed by atoms with E-state index in [0.29, 0.717) is 0 Å². The first-order chi connectivity index (χ1) is 3.00. The van der Waals surface area contributed by atoms with E-state index in [0.717, 1.165) is 15.1 Å². The molecule has 1 aliphatic heterocycles. The molecular weight excluding hydrogens is 74.5 g/mol. The minimum atomic E-state index is 0.170. The smallest absolute Gasteiger partial charge is 0.420 e. The topological polar surface area (TPSA) is 40.7 Å². The lowest BCUT2D eigenvalue weighted by Gasteiger charge is -2.13. The molecule has 6 heteroatoms. The Morgan fingerprint density at radius 3 is 2.83 bits per heavy atom. The van der Waals surface area contributed by atoms with Crippen molar-refractivity contribution in [3.8, 4) is 0 Å². The van der Waals surface area contributed by atoms with Gasteiger partial charge in [0.15, 0.2) is 0 Å². The number of nitrogens with one attached hydrogen (secondary N) is 2. The summed E-state index contributed by atoms with van der Waals surface area (Å²) in [7, 11) is 2.31. The maximum atomic E-state index is 3.24. The summed E-state index contributed by atoms with van der Waals surface area (Å²) in [5.41, 5.74) is 0. The van der Waals surface area contributed by atoms with Gasteiger partial charge in [0, 0.05) is 0 Å². The molecule has 6 heavy (non-hydrogen) atoms. The third-order valence-electron chi connectivity index (χ3n) is 1.06. The molecule has 3 nitrogen and oxygen atoms in total. The zero-order valence-corrected chi connectivity index (χ0v) is 3.99. The molecule has 0 unspecified atom stereocenters. The number of rotatable bonds is 0. The SMILES string of the molecule is B1NB[NH2+][BH2-]N1. The zero-order chi connectivity index (χ0) is 4.24. The molecule has 1 saturated heterocycles. The monoisotopic (exact) mass is 83.1 g/mol. The molecule has 0 aromatic carbocycles. The van der Waals surface area contributed by atoms with Crippen molar-refractivity contribution in [1.29, 1.82) is 0 Å². The second-order valence-electron chi connectivity index (χ2n) is 1.68. The van der Waals surface area contributed by atoms with Gasteiger partial charge >= 0.3 is 7.55 Å². The van der Waals surface area contributed by atoms with Crippen LogP contribution >= 0.6 is 0 Å². The summed E-state index contributed by atoms with van der Waals surface area (Å²) in [6, 6.07) is 0. The minimum absolute atomic E-state index is 0.170. The minimum Gasteiger partial charge on any atom is -0.593 e. The Labute approximate surface area is 39.1 Å². The standard InChI is InChI=1S/B3H8N3/c1-4-2-6-3-5-1/h1-2,4-5H,3,6H2. The molecular formula is H8B3N3. The van der Waals surface area contributed by atoms with Crippen LogP contribution in [0.3, 0.4) is 0 Å². The Kier molecular flexibility index (Phi) is 1.61. The van der Waals surface area contributed by atoms with Crippen LogP contribution in [0.1, 0.15) is 0 Å². The lowest BCUT2D eigenvalue weighted by atomic mass is 9.85. The fourth-order valence-electron chi connectivity index (χ4n) is 0.690. The molecule has 0 spiro atoms. The van der Waals surface area contributed by atoms with Gasteiger partial charge in [-0.3, -0.25) is 0 Å². The highest BCUT2D eigenvalue weighted by Gasteiger charge is 1.96. The van der Waals surface area contributed by atoms with Crippen LogP contribution in [0.2, 0.25) is 0 Å². The Morgan fingerprint density at radius 1 is 1.67 bits per heavy atom. The normalized spacial score (nSPS) is 21.3. The van der Waals surface area contributed by atoms with Crippen molar-refractivity contribution in [2.45, 2.75) is 0 Å². The maximum absolute atomic E-state index is 3.24. The molecule has 0 saturated carbocycles. The van der Waals surface area contributed by atoms with E-state index in [2.05, 4.69) is 15.4 Å². The van der Waals surface area contributed by atoms with E-state index in [1.807, 2.05) is 0 Å². The molecule has 4 N–H and O–H groups in total. The molecule has 0 bridgehead atoms. The average Bonchev–Trinajstić information content (AvgIpc) is 1.72. The van der Waals surface area contributed by atoms with Crippen molar-refractivity contribution >= 4 is 22.6 Å². The summed E-state index contributed by atoms with van der Waals surface area (Å²) in [5.74, 6) is 0. The van der Waals surface area contributed by atoms with E-state index in [1.54, 1.807) is 0 Å². The Balaban J connectivity index is 2.00. The molecule has 1 heterocycles. The van der Waals surface area contributed by atoms with Crippen molar-refractivity contribution < 1.29 is 5.14 Å². The fourth-order valence-corrected chi connectivity index (χ4v) is 0.690. The molecule has 0 radical (unpaired) electrons. The number of quaternary nitrogens is 1. The molecule has 32 valence electrons. The van der Waals surface area contributed by atoms with Gasteiger partial charge in [0.1, 0.15) is 0 Å². The molecule has 0 aromatic heterocycles. The van der Waals surface area contributed by atoms with Crippen LogP contribution in [-0.2, 0) is 0 Å². The molecule has 0 aromatic rings. The molecule has 0 atom stereocenters. The van der Waals surface area contributed by atoms with E-state index in [4.69, 9.17) is 0 Å². The first-order valence-corrected chi connectivity index (χ1v) is 2.55. The van der Waals surface area contributed by atoms with Gasteiger partial charge in [-0.2, -0.15) is 0 Å². The van der Waals surface area contributed by atoms with Crippen molar-refractivity contribution in [2.24, 2.45) is 0 Å². The molecule has 1 aliphatic rings. The van der Waals surface area contributed by atoms with Crippen LogP contribution in [0.15, 0.2) is 0 Å². The van der Waals surface area contributed by atoms with Crippen molar-refractivity contribution in [2.75, 3.05) is 0 Å². The van der Waals surface area contributed by atoms with E-state index in [1.165, 1.54) is 0 Å². The van der Waals surface area contributed by atoms with Crippen LogP contribution in [0.25, 0.3) is 0 Å². The van der Waals surface area contributed by atoms with Gasteiger partial charge in [0.25, 0.3) is 0 Å². The largest absolute Gasteiger partial charge is 0.593 e. The first-order valence-electron chi connectivity index (χ1n) is 2.55.